The summed E-state index contributed by atoms with van der Waals surface area (Å²) in [5, 5.41) is 10.9. The molecule has 1 amide bonds. The van der Waals surface area contributed by atoms with Crippen molar-refractivity contribution in [1.82, 2.24) is 24.4 Å². The van der Waals surface area contributed by atoms with Crippen LogP contribution in [0.25, 0.3) is 11.3 Å². The molecule has 0 saturated carbocycles. The predicted octanol–water partition coefficient (Wildman–Crippen LogP) is 3.77. The average Bonchev–Trinajstić information content (AvgIpc) is 3.39. The van der Waals surface area contributed by atoms with Gasteiger partial charge in [-0.3, -0.25) is 4.79 Å². The second-order valence-corrected chi connectivity index (χ2v) is 7.64. The van der Waals surface area contributed by atoms with Crippen molar-refractivity contribution in [3.63, 3.8) is 0 Å². The number of carbonyl (C=O) groups is 1. The number of hydrogen-bond acceptors (Lipinski definition) is 5. The summed E-state index contributed by atoms with van der Waals surface area (Å²) in [6.07, 6.45) is 5.91. The van der Waals surface area contributed by atoms with E-state index in [9.17, 15) is 19.3 Å². The van der Waals surface area contributed by atoms with E-state index in [4.69, 9.17) is 0 Å². The number of imidazole rings is 2. The minimum Gasteiger partial charge on any atom is -0.358 e. The predicted molar refractivity (Wildman–Crippen MR) is 111 cm³/mol. The molecule has 9 nitrogen and oxygen atoms in total. The molecular weight excluding hydrogens is 403 g/mol. The third-order valence-electron chi connectivity index (χ3n) is 5.59. The lowest BCUT2D eigenvalue weighted by Gasteiger charge is -2.34. The van der Waals surface area contributed by atoms with E-state index in [1.807, 2.05) is 4.90 Å². The van der Waals surface area contributed by atoms with Gasteiger partial charge in [-0.1, -0.05) is 12.1 Å². The lowest BCUT2D eigenvalue weighted by atomic mass is 10.0. The number of nitro groups is 1. The van der Waals surface area contributed by atoms with E-state index < -0.39 is 4.92 Å². The molecule has 10 heteroatoms. The van der Waals surface area contributed by atoms with E-state index in [-0.39, 0.29) is 30.0 Å². The van der Waals surface area contributed by atoms with E-state index in [0.717, 1.165) is 19.3 Å². The van der Waals surface area contributed by atoms with Crippen molar-refractivity contribution in [2.75, 3.05) is 6.54 Å². The van der Waals surface area contributed by atoms with Crippen LogP contribution < -0.4 is 0 Å². The third kappa shape index (κ3) is 4.47. The summed E-state index contributed by atoms with van der Waals surface area (Å²) in [4.78, 5) is 36.8. The molecule has 0 aliphatic carbocycles. The summed E-state index contributed by atoms with van der Waals surface area (Å²) in [5.74, 6) is 0.603. The Balaban J connectivity index is 1.47. The van der Waals surface area contributed by atoms with E-state index in [2.05, 4.69) is 15.0 Å². The maximum Gasteiger partial charge on any atom is 0.381 e. The second-order valence-electron chi connectivity index (χ2n) is 7.64. The van der Waals surface area contributed by atoms with Gasteiger partial charge >= 0.3 is 5.82 Å². The van der Waals surface area contributed by atoms with Crippen molar-refractivity contribution in [3.05, 3.63) is 64.2 Å². The zero-order valence-electron chi connectivity index (χ0n) is 17.1. The van der Waals surface area contributed by atoms with Crippen LogP contribution >= 0.6 is 0 Å². The molecule has 1 aromatic carbocycles. The Morgan fingerprint density at radius 1 is 1.39 bits per heavy atom. The lowest BCUT2D eigenvalue weighted by molar-refractivity contribution is -0.389. The van der Waals surface area contributed by atoms with Gasteiger partial charge in [0.2, 0.25) is 11.7 Å². The zero-order valence-corrected chi connectivity index (χ0v) is 17.1. The number of aromatic nitrogens is 4. The molecule has 1 aliphatic heterocycles. The van der Waals surface area contributed by atoms with Crippen LogP contribution in [0.1, 0.15) is 43.4 Å². The van der Waals surface area contributed by atoms with E-state index in [1.54, 1.807) is 29.8 Å². The molecule has 1 aliphatic rings. The highest BCUT2D eigenvalue weighted by Gasteiger charge is 2.30. The highest BCUT2D eigenvalue weighted by atomic mass is 19.1. The molecule has 0 radical (unpaired) electrons. The summed E-state index contributed by atoms with van der Waals surface area (Å²) >= 11 is 0. The monoisotopic (exact) mass is 426 g/mol. The first-order valence-electron chi connectivity index (χ1n) is 10.2. The molecule has 1 fully saturated rings. The van der Waals surface area contributed by atoms with Gasteiger partial charge in [0.15, 0.2) is 0 Å². The third-order valence-corrected chi connectivity index (χ3v) is 5.59. The number of H-pyrrole nitrogens is 1. The van der Waals surface area contributed by atoms with Gasteiger partial charge in [0.25, 0.3) is 0 Å². The number of aryl methyl sites for hydroxylation is 2. The largest absolute Gasteiger partial charge is 0.381 e. The lowest BCUT2D eigenvalue weighted by Crippen LogP contribution is -2.39. The summed E-state index contributed by atoms with van der Waals surface area (Å²) in [6, 6.07) is 6.09. The number of aromatic amines is 1. The molecule has 1 atom stereocenters. The average molecular weight is 426 g/mol. The number of piperidine rings is 1. The van der Waals surface area contributed by atoms with Crippen LogP contribution in [0.5, 0.6) is 0 Å². The quantitative estimate of drug-likeness (QED) is 0.477. The highest BCUT2D eigenvalue weighted by Crippen LogP contribution is 2.31. The van der Waals surface area contributed by atoms with Crippen molar-refractivity contribution in [2.45, 2.75) is 45.2 Å². The highest BCUT2D eigenvalue weighted by molar-refractivity contribution is 5.76. The van der Waals surface area contributed by atoms with Crippen molar-refractivity contribution in [2.24, 2.45) is 0 Å². The molecule has 162 valence electrons. The van der Waals surface area contributed by atoms with Gasteiger partial charge in [-0.25, -0.2) is 9.37 Å². The fourth-order valence-electron chi connectivity index (χ4n) is 3.99. The van der Waals surface area contributed by atoms with Gasteiger partial charge in [0, 0.05) is 32.0 Å². The van der Waals surface area contributed by atoms with Crippen LogP contribution in [-0.2, 0) is 11.3 Å². The Morgan fingerprint density at radius 3 is 2.97 bits per heavy atom. The summed E-state index contributed by atoms with van der Waals surface area (Å²) in [6.45, 7) is 2.63. The van der Waals surface area contributed by atoms with Crippen LogP contribution in [0.3, 0.4) is 0 Å². The number of halogens is 1. The molecular formula is C21H23FN6O3. The number of benzene rings is 1. The fraction of sp³-hybridized carbons (Fsp3) is 0.381. The summed E-state index contributed by atoms with van der Waals surface area (Å²) in [5.41, 5.74) is 1.40. The standard InChI is InChI=1S/C21H23FN6O3/c1-14-24-19(28(30)31)13-26(14)10-8-20(29)27-9-3-2-7-18(27)21-23-12-17(25-21)15-5-4-6-16(22)11-15/h4-6,11-13,18H,2-3,7-10H2,1H3,(H,23,25). The van der Waals surface area contributed by atoms with Crippen LogP contribution in [0.4, 0.5) is 10.2 Å². The van der Waals surface area contributed by atoms with E-state index >= 15 is 0 Å². The number of hydrogen-bond donors (Lipinski definition) is 1. The maximum atomic E-state index is 13.6. The number of rotatable bonds is 6. The molecule has 4 rings (SSSR count). The van der Waals surface area contributed by atoms with Crippen LogP contribution in [0.15, 0.2) is 36.7 Å². The minimum atomic E-state index is -0.543. The number of nitrogens with zero attached hydrogens (tertiary/aromatic N) is 5. The molecule has 1 unspecified atom stereocenters. The molecule has 1 N–H and O–H groups in total. The van der Waals surface area contributed by atoms with Gasteiger partial charge in [-0.05, 0) is 41.3 Å². The number of nitrogens with one attached hydrogen (secondary N) is 1. The fourth-order valence-corrected chi connectivity index (χ4v) is 3.99. The van der Waals surface area contributed by atoms with Crippen molar-refractivity contribution >= 4 is 11.7 Å². The minimum absolute atomic E-state index is 0.0378. The Bertz CT molecular complexity index is 1110. The molecule has 31 heavy (non-hydrogen) atoms. The Kier molecular flexibility index (Phi) is 5.79. The molecule has 3 heterocycles. The SMILES string of the molecule is Cc1nc([N+](=O)[O-])cn1CCC(=O)N1CCCCC1c1ncc(-c2cccc(F)c2)[nH]1. The number of likely N-dealkylation sites (tertiary alicyclic amines) is 1. The van der Waals surface area contributed by atoms with Gasteiger partial charge in [0.1, 0.15) is 17.8 Å². The molecule has 1 saturated heterocycles. The summed E-state index contributed by atoms with van der Waals surface area (Å²) < 4.78 is 15.2. The van der Waals surface area contributed by atoms with E-state index in [0.29, 0.717) is 36.0 Å². The molecule has 0 bridgehead atoms. The van der Waals surface area contributed by atoms with E-state index in [1.165, 1.54) is 18.3 Å². The van der Waals surface area contributed by atoms with Gasteiger partial charge < -0.3 is 24.6 Å². The van der Waals surface area contributed by atoms with Gasteiger partial charge in [-0.15, -0.1) is 0 Å². The Labute approximate surface area is 178 Å². The van der Waals surface area contributed by atoms with Gasteiger partial charge in [-0.2, -0.15) is 0 Å². The summed E-state index contributed by atoms with van der Waals surface area (Å²) in [7, 11) is 0. The van der Waals surface area contributed by atoms with Crippen molar-refractivity contribution < 1.29 is 14.1 Å². The second kappa shape index (κ2) is 8.66. The number of carbonyl (C=O) groups excluding carboxylic acids is 1. The molecule has 2 aromatic heterocycles. The van der Waals surface area contributed by atoms with Crippen molar-refractivity contribution in [1.29, 1.82) is 0 Å². The van der Waals surface area contributed by atoms with Crippen LogP contribution in [0, 0.1) is 22.9 Å². The van der Waals surface area contributed by atoms with Crippen molar-refractivity contribution in [3.8, 4) is 11.3 Å². The zero-order chi connectivity index (χ0) is 22.0. The van der Waals surface area contributed by atoms with Crippen LogP contribution in [0.2, 0.25) is 0 Å². The topological polar surface area (TPSA) is 110 Å². The normalized spacial score (nSPS) is 16.5. The first kappa shape index (κ1) is 20.7. The smallest absolute Gasteiger partial charge is 0.358 e. The first-order valence-corrected chi connectivity index (χ1v) is 10.2. The Hall–Kier alpha value is -3.56. The Morgan fingerprint density at radius 2 is 2.23 bits per heavy atom. The first-order chi connectivity index (χ1) is 14.9. The maximum absolute atomic E-state index is 13.6. The molecule has 0 spiro atoms. The van der Waals surface area contributed by atoms with Crippen LogP contribution in [-0.4, -0.2) is 41.8 Å². The number of amides is 1. The molecule has 3 aromatic rings. The van der Waals surface area contributed by atoms with Gasteiger partial charge in [0.05, 0.1) is 17.9 Å².